The van der Waals surface area contributed by atoms with Gasteiger partial charge in [0.25, 0.3) is 0 Å². The summed E-state index contributed by atoms with van der Waals surface area (Å²) in [5.74, 6) is -1.68. The molecule has 6 rings (SSSR count). The van der Waals surface area contributed by atoms with Crippen LogP contribution in [-0.4, -0.2) is 46.9 Å². The van der Waals surface area contributed by atoms with Gasteiger partial charge in [-0.15, -0.1) is 0 Å². The first-order chi connectivity index (χ1) is 20.7. The summed E-state index contributed by atoms with van der Waals surface area (Å²) in [4.78, 5) is 55.8. The number of anilines is 2. The number of ether oxygens (including phenoxy) is 2. The van der Waals surface area contributed by atoms with Crippen LogP contribution in [0.5, 0.6) is 17.2 Å². The molecule has 0 bridgehead atoms. The molecule has 1 aromatic heterocycles. The molecule has 3 unspecified atom stereocenters. The van der Waals surface area contributed by atoms with Crippen molar-refractivity contribution >= 4 is 68.1 Å². The molecule has 2 aliphatic heterocycles. The van der Waals surface area contributed by atoms with E-state index in [4.69, 9.17) is 9.47 Å². The summed E-state index contributed by atoms with van der Waals surface area (Å²) in [5.41, 5.74) is 1.58. The topological polar surface area (TPSA) is 127 Å². The zero-order valence-electron chi connectivity index (χ0n) is 22.8. The lowest BCUT2D eigenvalue weighted by Crippen LogP contribution is -2.33. The van der Waals surface area contributed by atoms with Crippen LogP contribution in [0, 0.1) is 5.92 Å². The van der Waals surface area contributed by atoms with Crippen LogP contribution in [0.2, 0.25) is 0 Å². The van der Waals surface area contributed by atoms with E-state index < -0.39 is 28.9 Å². The summed E-state index contributed by atoms with van der Waals surface area (Å²) in [6, 6.07) is 18.2. The number of aromatic nitrogens is 1. The summed E-state index contributed by atoms with van der Waals surface area (Å²) in [7, 11) is 3.03. The van der Waals surface area contributed by atoms with Crippen molar-refractivity contribution in [1.29, 1.82) is 0 Å². The number of hydrogen-bond acceptors (Lipinski definition) is 9. The first-order valence-electron chi connectivity index (χ1n) is 13.0. The molecule has 0 spiro atoms. The highest BCUT2D eigenvalue weighted by molar-refractivity contribution is 9.10. The van der Waals surface area contributed by atoms with E-state index in [2.05, 4.69) is 21.2 Å². The smallest absolute Gasteiger partial charge is 0.308 e. The summed E-state index contributed by atoms with van der Waals surface area (Å²) in [6.07, 6.45) is 0. The second-order valence-electron chi connectivity index (χ2n) is 9.86. The molecule has 4 aromatic rings. The number of fused-ring (bicyclic) bond motifs is 2. The quantitative estimate of drug-likeness (QED) is 0.210. The Morgan fingerprint density at radius 3 is 2.33 bits per heavy atom. The lowest BCUT2D eigenvalue weighted by atomic mass is 9.83. The monoisotopic (exact) mass is 681 g/mol. The predicted molar refractivity (Wildman–Crippen MR) is 166 cm³/mol. The zero-order valence-corrected chi connectivity index (χ0v) is 26.0. The van der Waals surface area contributed by atoms with E-state index in [0.717, 1.165) is 27.6 Å². The standard InChI is InChI=1S/C30H24BrN3O7S2/c1-40-20-12-3-15(13-21(20)41-2)23-24-25(28(38)34(27(24)37)18-8-4-16(31)5-9-18)42-29-26(23)43-30(39)33(29)14-22(36)32-17-6-10-19(35)11-7-17/h3-13,23-25,35H,14H2,1-2H3,(H,32,36). The van der Waals surface area contributed by atoms with Crippen LogP contribution < -0.4 is 24.6 Å². The van der Waals surface area contributed by atoms with Crippen molar-refractivity contribution in [3.63, 3.8) is 0 Å². The number of aromatic hydroxyl groups is 1. The molecular formula is C30H24BrN3O7S2. The third-order valence-corrected chi connectivity index (χ3v) is 10.5. The van der Waals surface area contributed by atoms with Crippen LogP contribution in [0.1, 0.15) is 16.4 Å². The Morgan fingerprint density at radius 1 is 0.953 bits per heavy atom. The number of thiazole rings is 1. The van der Waals surface area contributed by atoms with Crippen LogP contribution >= 0.6 is 39.0 Å². The van der Waals surface area contributed by atoms with Gasteiger partial charge < -0.3 is 19.9 Å². The minimum atomic E-state index is -0.831. The highest BCUT2D eigenvalue weighted by Crippen LogP contribution is 2.54. The number of nitrogens with zero attached hydrogens (tertiary/aromatic N) is 2. The van der Waals surface area contributed by atoms with Crippen molar-refractivity contribution in [3.05, 3.63) is 91.3 Å². The summed E-state index contributed by atoms with van der Waals surface area (Å²) in [6.45, 7) is -0.298. The Morgan fingerprint density at radius 2 is 1.65 bits per heavy atom. The number of carbonyl (C=O) groups excluding carboxylic acids is 3. The molecule has 13 heteroatoms. The molecule has 1 saturated heterocycles. The SMILES string of the molecule is COc1ccc(C2c3sc(=O)n(CC(=O)Nc4ccc(O)cc4)c3SC3C(=O)N(c4ccc(Br)cc4)C(=O)C32)cc1OC. The van der Waals surface area contributed by atoms with Gasteiger partial charge in [0, 0.05) is 21.0 Å². The van der Waals surface area contributed by atoms with Gasteiger partial charge in [0.1, 0.15) is 17.5 Å². The second kappa shape index (κ2) is 11.5. The number of phenolic OH excluding ortho intramolecular Hbond substituents is 1. The van der Waals surface area contributed by atoms with Gasteiger partial charge in [-0.25, -0.2) is 4.90 Å². The Labute approximate surface area is 262 Å². The number of nitrogens with one attached hydrogen (secondary N) is 1. The molecule has 10 nitrogen and oxygen atoms in total. The molecule has 3 heterocycles. The van der Waals surface area contributed by atoms with E-state index in [1.54, 1.807) is 54.6 Å². The van der Waals surface area contributed by atoms with Crippen LogP contribution in [0.3, 0.4) is 0 Å². The molecule has 43 heavy (non-hydrogen) atoms. The zero-order chi connectivity index (χ0) is 30.4. The van der Waals surface area contributed by atoms with E-state index in [0.29, 0.717) is 38.3 Å². The number of amides is 3. The molecule has 2 aliphatic rings. The van der Waals surface area contributed by atoms with Crippen molar-refractivity contribution in [3.8, 4) is 17.2 Å². The van der Waals surface area contributed by atoms with E-state index in [9.17, 15) is 24.3 Å². The maximum absolute atomic E-state index is 14.1. The highest BCUT2D eigenvalue weighted by Gasteiger charge is 2.57. The summed E-state index contributed by atoms with van der Waals surface area (Å²) >= 11 is 5.49. The largest absolute Gasteiger partial charge is 0.508 e. The Balaban J connectivity index is 1.43. The second-order valence-corrected chi connectivity index (χ2v) is 12.9. The fourth-order valence-electron chi connectivity index (χ4n) is 5.39. The lowest BCUT2D eigenvalue weighted by molar-refractivity contribution is -0.122. The number of rotatable bonds is 7. The fourth-order valence-corrected chi connectivity index (χ4v) is 8.43. The fraction of sp³-hybridized carbons (Fsp3) is 0.200. The number of imide groups is 1. The third-order valence-electron chi connectivity index (χ3n) is 7.35. The maximum atomic E-state index is 14.1. The molecule has 0 aliphatic carbocycles. The highest BCUT2D eigenvalue weighted by atomic mass is 79.9. The number of hydrogen-bond donors (Lipinski definition) is 2. The van der Waals surface area contributed by atoms with Crippen molar-refractivity contribution < 1.29 is 29.0 Å². The maximum Gasteiger partial charge on any atom is 0.308 e. The van der Waals surface area contributed by atoms with Gasteiger partial charge in [0.05, 0.1) is 30.9 Å². The first kappa shape index (κ1) is 29.0. The number of halogens is 1. The summed E-state index contributed by atoms with van der Waals surface area (Å²) < 4.78 is 13.1. The van der Waals surface area contributed by atoms with Crippen LogP contribution in [0.15, 0.2) is 81.0 Å². The molecule has 3 atom stereocenters. The Hall–Kier alpha value is -4.07. The van der Waals surface area contributed by atoms with Crippen molar-refractivity contribution in [2.24, 2.45) is 5.92 Å². The normalized spacial score (nSPS) is 19.1. The predicted octanol–water partition coefficient (Wildman–Crippen LogP) is 4.83. The van der Waals surface area contributed by atoms with Gasteiger partial charge >= 0.3 is 4.87 Å². The number of carbonyl (C=O) groups is 3. The van der Waals surface area contributed by atoms with Gasteiger partial charge in [0.2, 0.25) is 17.7 Å². The molecular weight excluding hydrogens is 658 g/mol. The Kier molecular flexibility index (Phi) is 7.79. The lowest BCUT2D eigenvalue weighted by Gasteiger charge is -2.31. The molecule has 0 saturated carbocycles. The van der Waals surface area contributed by atoms with E-state index in [-0.39, 0.29) is 23.1 Å². The van der Waals surface area contributed by atoms with Gasteiger partial charge in [-0.1, -0.05) is 45.1 Å². The van der Waals surface area contributed by atoms with Crippen LogP contribution in [0.4, 0.5) is 11.4 Å². The van der Waals surface area contributed by atoms with E-state index in [1.165, 1.54) is 35.8 Å². The summed E-state index contributed by atoms with van der Waals surface area (Å²) in [5, 5.41) is 11.9. The van der Waals surface area contributed by atoms with E-state index in [1.807, 2.05) is 0 Å². The number of thioether (sulfide) groups is 1. The number of benzene rings is 3. The van der Waals surface area contributed by atoms with Crippen molar-refractivity contribution in [2.75, 3.05) is 24.4 Å². The van der Waals surface area contributed by atoms with Crippen LogP contribution in [0.25, 0.3) is 0 Å². The minimum Gasteiger partial charge on any atom is -0.508 e. The minimum absolute atomic E-state index is 0.0567. The third kappa shape index (κ3) is 5.21. The van der Waals surface area contributed by atoms with Crippen LogP contribution in [-0.2, 0) is 20.9 Å². The average molecular weight is 683 g/mol. The van der Waals surface area contributed by atoms with Crippen molar-refractivity contribution in [1.82, 2.24) is 4.57 Å². The average Bonchev–Trinajstić information content (AvgIpc) is 3.44. The first-order valence-corrected chi connectivity index (χ1v) is 15.5. The molecule has 220 valence electrons. The molecule has 1 fully saturated rings. The van der Waals surface area contributed by atoms with Gasteiger partial charge in [-0.2, -0.15) is 0 Å². The van der Waals surface area contributed by atoms with Gasteiger partial charge in [-0.3, -0.25) is 23.7 Å². The molecule has 2 N–H and O–H groups in total. The molecule has 3 aromatic carbocycles. The van der Waals surface area contributed by atoms with E-state index >= 15 is 0 Å². The van der Waals surface area contributed by atoms with Gasteiger partial charge in [-0.05, 0) is 66.2 Å². The van der Waals surface area contributed by atoms with Crippen molar-refractivity contribution in [2.45, 2.75) is 22.7 Å². The van der Waals surface area contributed by atoms with Gasteiger partial charge in [0.15, 0.2) is 11.5 Å². The molecule has 0 radical (unpaired) electrons. The number of phenols is 1. The Bertz CT molecular complexity index is 1800. The molecule has 3 amide bonds. The number of methoxy groups -OCH3 is 2.